The van der Waals surface area contributed by atoms with Crippen LogP contribution in [0.25, 0.3) is 0 Å². The summed E-state index contributed by atoms with van der Waals surface area (Å²) in [5, 5.41) is 3.58. The number of hydrogen-bond donors (Lipinski definition) is 1. The average Bonchev–Trinajstić information content (AvgIpc) is 2.29. The van der Waals surface area contributed by atoms with Gasteiger partial charge in [0.15, 0.2) is 0 Å². The predicted octanol–water partition coefficient (Wildman–Crippen LogP) is 3.81. The van der Waals surface area contributed by atoms with E-state index in [9.17, 15) is 0 Å². The van der Waals surface area contributed by atoms with Crippen LogP contribution in [0.4, 0.5) is 5.69 Å². The van der Waals surface area contributed by atoms with Gasteiger partial charge in [-0.25, -0.2) is 0 Å². The quantitative estimate of drug-likeness (QED) is 0.685. The molecule has 1 nitrogen and oxygen atoms in total. The van der Waals surface area contributed by atoms with Gasteiger partial charge in [0.05, 0.1) is 0 Å². The van der Waals surface area contributed by atoms with Crippen LogP contribution < -0.4 is 5.32 Å². The summed E-state index contributed by atoms with van der Waals surface area (Å²) in [5.74, 6) is 0. The normalized spacial score (nSPS) is 18.2. The Bertz CT molecular complexity index is 492. The van der Waals surface area contributed by atoms with E-state index in [0.717, 1.165) is 19.3 Å². The molecule has 0 spiro atoms. The minimum absolute atomic E-state index is 1.01. The molecule has 1 aliphatic heterocycles. The number of nitrogens with one attached hydrogen (secondary N) is 1. The van der Waals surface area contributed by atoms with Crippen LogP contribution in [0.2, 0.25) is 0 Å². The van der Waals surface area contributed by atoms with Gasteiger partial charge >= 0.3 is 0 Å². The molecule has 1 aromatic rings. The summed E-state index contributed by atoms with van der Waals surface area (Å²) >= 11 is 0. The minimum Gasteiger partial charge on any atom is -0.358 e. The predicted molar refractivity (Wildman–Crippen MR) is 68.3 cm³/mol. The third kappa shape index (κ3) is 1.69. The molecule has 0 bridgehead atoms. The molecular weight excluding hydrogens is 194 g/mol. The molecule has 1 heterocycles. The van der Waals surface area contributed by atoms with Gasteiger partial charge in [-0.2, -0.15) is 0 Å². The lowest BCUT2D eigenvalue weighted by Crippen LogP contribution is -2.08. The van der Waals surface area contributed by atoms with Crippen LogP contribution in [0.3, 0.4) is 0 Å². The van der Waals surface area contributed by atoms with Crippen LogP contribution in [0.1, 0.15) is 18.4 Å². The van der Waals surface area contributed by atoms with Crippen molar-refractivity contribution in [1.82, 2.24) is 0 Å². The molecule has 1 heteroatoms. The highest BCUT2D eigenvalue weighted by atomic mass is 14.9. The minimum atomic E-state index is 1.01. The number of allylic oxidation sites excluding steroid dienone is 6. The third-order valence-corrected chi connectivity index (χ3v) is 3.14. The summed E-state index contributed by atoms with van der Waals surface area (Å²) in [6.07, 6.45) is 12.2. The second-order valence-electron chi connectivity index (χ2n) is 4.26. The second kappa shape index (κ2) is 4.01. The Hall–Kier alpha value is -1.76. The first kappa shape index (κ1) is 9.46. The van der Waals surface area contributed by atoms with Gasteiger partial charge in [-0.05, 0) is 36.5 Å². The fourth-order valence-electron chi connectivity index (χ4n) is 2.27. The Morgan fingerprint density at radius 1 is 1.00 bits per heavy atom. The summed E-state index contributed by atoms with van der Waals surface area (Å²) in [7, 11) is 0. The maximum atomic E-state index is 3.58. The first-order valence-corrected chi connectivity index (χ1v) is 5.84. The van der Waals surface area contributed by atoms with Gasteiger partial charge in [0.2, 0.25) is 0 Å². The summed E-state index contributed by atoms with van der Waals surface area (Å²) in [5.41, 5.74) is 5.32. The molecule has 0 radical (unpaired) electrons. The molecular formula is C15H15N. The molecule has 1 N–H and O–H groups in total. The van der Waals surface area contributed by atoms with E-state index in [1.54, 1.807) is 0 Å². The van der Waals surface area contributed by atoms with Crippen LogP contribution in [0, 0.1) is 0 Å². The highest BCUT2D eigenvalue weighted by molar-refractivity contribution is 5.59. The smallest absolute Gasteiger partial charge is 0.0417 e. The molecule has 1 aliphatic carbocycles. The molecule has 3 rings (SSSR count). The van der Waals surface area contributed by atoms with E-state index < -0.39 is 0 Å². The van der Waals surface area contributed by atoms with Crippen LogP contribution in [-0.2, 0) is 6.42 Å². The van der Waals surface area contributed by atoms with Crippen molar-refractivity contribution in [1.29, 1.82) is 0 Å². The first-order valence-electron chi connectivity index (χ1n) is 5.84. The van der Waals surface area contributed by atoms with Gasteiger partial charge in [-0.3, -0.25) is 0 Å². The van der Waals surface area contributed by atoms with Crippen molar-refractivity contribution in [3.63, 3.8) is 0 Å². The standard InChI is InChI=1S/C15H15N/c1-3-10-14-12(6-1)8-5-9-13-7-2-4-11-15(13)16-14/h1-3,5-7,9-10,16H,4,8,11H2. The van der Waals surface area contributed by atoms with Gasteiger partial charge in [0.1, 0.15) is 0 Å². The fourth-order valence-corrected chi connectivity index (χ4v) is 2.27. The Labute approximate surface area is 96.2 Å². The highest BCUT2D eigenvalue weighted by Crippen LogP contribution is 2.27. The van der Waals surface area contributed by atoms with E-state index in [1.807, 2.05) is 0 Å². The number of hydrogen-bond acceptors (Lipinski definition) is 1. The van der Waals surface area contributed by atoms with E-state index >= 15 is 0 Å². The lowest BCUT2D eigenvalue weighted by Gasteiger charge is -2.20. The van der Waals surface area contributed by atoms with E-state index in [2.05, 4.69) is 53.9 Å². The fraction of sp³-hybridized carbons (Fsp3) is 0.200. The summed E-state index contributed by atoms with van der Waals surface area (Å²) in [4.78, 5) is 0. The van der Waals surface area contributed by atoms with E-state index in [4.69, 9.17) is 0 Å². The SMILES string of the molecule is C1=CC2=C(CC1)Nc1ccccc1CC=C2. The second-order valence-corrected chi connectivity index (χ2v) is 4.26. The largest absolute Gasteiger partial charge is 0.358 e. The highest BCUT2D eigenvalue weighted by Gasteiger charge is 2.10. The van der Waals surface area contributed by atoms with Crippen molar-refractivity contribution < 1.29 is 0 Å². The molecule has 0 amide bonds. The summed E-state index contributed by atoms with van der Waals surface area (Å²) in [6.45, 7) is 0. The molecule has 0 unspecified atom stereocenters. The van der Waals surface area contributed by atoms with Gasteiger partial charge in [-0.15, -0.1) is 0 Å². The molecule has 0 saturated carbocycles. The maximum Gasteiger partial charge on any atom is 0.0417 e. The monoisotopic (exact) mass is 209 g/mol. The molecule has 0 fully saturated rings. The van der Waals surface area contributed by atoms with E-state index in [0.29, 0.717) is 0 Å². The van der Waals surface area contributed by atoms with E-state index in [-0.39, 0.29) is 0 Å². The summed E-state index contributed by atoms with van der Waals surface area (Å²) in [6, 6.07) is 8.55. The van der Waals surface area contributed by atoms with Crippen molar-refractivity contribution in [3.05, 3.63) is 65.4 Å². The first-order chi connectivity index (χ1) is 7.93. The molecule has 16 heavy (non-hydrogen) atoms. The van der Waals surface area contributed by atoms with Crippen LogP contribution in [0.15, 0.2) is 59.8 Å². The zero-order chi connectivity index (χ0) is 10.8. The van der Waals surface area contributed by atoms with Crippen LogP contribution >= 0.6 is 0 Å². The zero-order valence-corrected chi connectivity index (χ0v) is 9.24. The Kier molecular flexibility index (Phi) is 2.37. The zero-order valence-electron chi connectivity index (χ0n) is 9.24. The molecule has 2 aliphatic rings. The third-order valence-electron chi connectivity index (χ3n) is 3.14. The Morgan fingerprint density at radius 3 is 2.88 bits per heavy atom. The van der Waals surface area contributed by atoms with Gasteiger partial charge in [-0.1, -0.05) is 42.5 Å². The number of anilines is 1. The molecule has 0 saturated heterocycles. The van der Waals surface area contributed by atoms with E-state index in [1.165, 1.54) is 22.5 Å². The molecule has 0 atom stereocenters. The molecule has 1 aromatic carbocycles. The van der Waals surface area contributed by atoms with Gasteiger partial charge in [0, 0.05) is 11.4 Å². The maximum absolute atomic E-state index is 3.58. The van der Waals surface area contributed by atoms with Crippen molar-refractivity contribution >= 4 is 5.69 Å². The lowest BCUT2D eigenvalue weighted by molar-refractivity contribution is 0.949. The summed E-state index contributed by atoms with van der Waals surface area (Å²) < 4.78 is 0. The van der Waals surface area contributed by atoms with Gasteiger partial charge in [0.25, 0.3) is 0 Å². The van der Waals surface area contributed by atoms with Crippen molar-refractivity contribution in [2.24, 2.45) is 0 Å². The topological polar surface area (TPSA) is 12.0 Å². The van der Waals surface area contributed by atoms with Gasteiger partial charge < -0.3 is 5.32 Å². The number of benzene rings is 1. The Balaban J connectivity index is 2.05. The van der Waals surface area contributed by atoms with Crippen molar-refractivity contribution in [2.45, 2.75) is 19.3 Å². The van der Waals surface area contributed by atoms with Crippen molar-refractivity contribution in [2.75, 3.05) is 5.32 Å². The van der Waals surface area contributed by atoms with Crippen LogP contribution in [-0.4, -0.2) is 0 Å². The number of para-hydroxylation sites is 1. The Morgan fingerprint density at radius 2 is 1.88 bits per heavy atom. The molecule has 80 valence electrons. The lowest BCUT2D eigenvalue weighted by atomic mass is 9.98. The average molecular weight is 209 g/mol. The number of rotatable bonds is 0. The molecule has 0 aromatic heterocycles. The number of fused-ring (bicyclic) bond motifs is 1. The van der Waals surface area contributed by atoms with Crippen LogP contribution in [0.5, 0.6) is 0 Å². The van der Waals surface area contributed by atoms with Crippen molar-refractivity contribution in [3.8, 4) is 0 Å².